The quantitative estimate of drug-likeness (QED) is 0.490. The molecule has 0 aromatic heterocycles. The van der Waals surface area contributed by atoms with Crippen molar-refractivity contribution in [1.82, 2.24) is 4.90 Å². The standard InChI is InChI=1S/C20H21N5O7S/c1-23-9-4-2-3-8-19(23)22-33(31,32)18-7-5-6-15(12-18)21-20(26)14-10-16(24(27)28)13-17(11-14)25(29)30/h5-7,10-13H,2-4,8-9H2,1H3,(H,21,26)/b22-19+. The highest BCUT2D eigenvalue weighted by Gasteiger charge is 2.21. The van der Waals surface area contributed by atoms with E-state index in [4.69, 9.17) is 0 Å². The summed E-state index contributed by atoms with van der Waals surface area (Å²) in [6.07, 6.45) is 3.31. The van der Waals surface area contributed by atoms with Gasteiger partial charge in [0.2, 0.25) is 0 Å². The van der Waals surface area contributed by atoms with Crippen molar-refractivity contribution in [2.24, 2.45) is 4.40 Å². The molecule has 2 aromatic rings. The van der Waals surface area contributed by atoms with Crippen molar-refractivity contribution >= 4 is 38.8 Å². The summed E-state index contributed by atoms with van der Waals surface area (Å²) < 4.78 is 29.6. The number of amides is 1. The summed E-state index contributed by atoms with van der Waals surface area (Å²) in [7, 11) is -2.27. The van der Waals surface area contributed by atoms with E-state index in [9.17, 15) is 33.4 Å². The summed E-state index contributed by atoms with van der Waals surface area (Å²) in [5.74, 6) is -0.406. The number of nitro groups is 2. The Bertz CT molecular complexity index is 1210. The predicted octanol–water partition coefficient (Wildman–Crippen LogP) is 3.35. The lowest BCUT2D eigenvalue weighted by Crippen LogP contribution is -2.26. The fraction of sp³-hybridized carbons (Fsp3) is 0.300. The van der Waals surface area contributed by atoms with Gasteiger partial charge < -0.3 is 10.2 Å². The number of amidine groups is 1. The lowest BCUT2D eigenvalue weighted by Gasteiger charge is -2.17. The van der Waals surface area contributed by atoms with Crippen LogP contribution >= 0.6 is 0 Å². The molecule has 3 rings (SSSR count). The van der Waals surface area contributed by atoms with Crippen LogP contribution in [0, 0.1) is 20.2 Å². The fourth-order valence-electron chi connectivity index (χ4n) is 3.31. The normalized spacial score (nSPS) is 15.7. The first-order valence-corrected chi connectivity index (χ1v) is 11.4. The average molecular weight is 475 g/mol. The number of nitrogens with zero attached hydrogens (tertiary/aromatic N) is 4. The second-order valence-electron chi connectivity index (χ2n) is 7.45. The Balaban J connectivity index is 1.88. The van der Waals surface area contributed by atoms with E-state index < -0.39 is 37.2 Å². The third-order valence-electron chi connectivity index (χ3n) is 5.04. The lowest BCUT2D eigenvalue weighted by atomic mass is 10.1. The molecule has 1 aliphatic heterocycles. The maximum atomic E-state index is 12.8. The third kappa shape index (κ3) is 5.88. The smallest absolute Gasteiger partial charge is 0.284 e. The highest BCUT2D eigenvalue weighted by atomic mass is 32.2. The Morgan fingerprint density at radius 2 is 1.70 bits per heavy atom. The van der Waals surface area contributed by atoms with E-state index in [0.29, 0.717) is 18.8 Å². The minimum atomic E-state index is -4.05. The molecule has 0 bridgehead atoms. The molecule has 1 amide bonds. The maximum absolute atomic E-state index is 12.8. The van der Waals surface area contributed by atoms with Gasteiger partial charge in [0.15, 0.2) is 0 Å². The minimum Gasteiger partial charge on any atom is -0.362 e. The molecule has 0 aliphatic carbocycles. The molecule has 1 aliphatic rings. The van der Waals surface area contributed by atoms with E-state index >= 15 is 0 Å². The van der Waals surface area contributed by atoms with Crippen LogP contribution in [0.25, 0.3) is 0 Å². The number of hydrogen-bond donors (Lipinski definition) is 1. The van der Waals surface area contributed by atoms with E-state index in [2.05, 4.69) is 9.71 Å². The SMILES string of the molecule is CN1CCCCC/C1=N\S(=O)(=O)c1cccc(NC(=O)c2cc([N+](=O)[O-])cc([N+](=O)[O-])c2)c1. The first kappa shape index (κ1) is 23.8. The van der Waals surface area contributed by atoms with Gasteiger partial charge in [-0.3, -0.25) is 25.0 Å². The number of anilines is 1. The molecule has 1 saturated heterocycles. The van der Waals surface area contributed by atoms with E-state index in [1.54, 1.807) is 7.05 Å². The fourth-order valence-corrected chi connectivity index (χ4v) is 4.45. The Kier molecular flexibility index (Phi) is 7.01. The maximum Gasteiger partial charge on any atom is 0.284 e. The van der Waals surface area contributed by atoms with Crippen molar-refractivity contribution in [2.45, 2.75) is 30.6 Å². The summed E-state index contributed by atoms with van der Waals surface area (Å²) >= 11 is 0. The molecule has 1 heterocycles. The second-order valence-corrected chi connectivity index (χ2v) is 9.05. The number of carbonyl (C=O) groups excluding carboxylic acids is 1. The zero-order valence-corrected chi connectivity index (χ0v) is 18.4. The minimum absolute atomic E-state index is 0.0876. The number of sulfonamides is 1. The van der Waals surface area contributed by atoms with Crippen LogP contribution < -0.4 is 5.32 Å². The number of hydrogen-bond acceptors (Lipinski definition) is 7. The van der Waals surface area contributed by atoms with Crippen molar-refractivity contribution in [1.29, 1.82) is 0 Å². The predicted molar refractivity (Wildman–Crippen MR) is 120 cm³/mol. The largest absolute Gasteiger partial charge is 0.362 e. The van der Waals surface area contributed by atoms with Gasteiger partial charge in [0.1, 0.15) is 5.84 Å². The molecule has 0 radical (unpaired) electrons. The van der Waals surface area contributed by atoms with Crippen LogP contribution in [-0.2, 0) is 10.0 Å². The van der Waals surface area contributed by atoms with Crippen molar-refractivity contribution < 1.29 is 23.1 Å². The molecule has 33 heavy (non-hydrogen) atoms. The van der Waals surface area contributed by atoms with Gasteiger partial charge in [0.05, 0.1) is 26.4 Å². The summed E-state index contributed by atoms with van der Waals surface area (Å²) in [6.45, 7) is 0.708. The summed E-state index contributed by atoms with van der Waals surface area (Å²) in [5, 5.41) is 24.5. The molecule has 12 nitrogen and oxygen atoms in total. The number of rotatable bonds is 6. The van der Waals surface area contributed by atoms with Gasteiger partial charge in [-0.1, -0.05) is 12.5 Å². The van der Waals surface area contributed by atoms with Gasteiger partial charge >= 0.3 is 0 Å². The second kappa shape index (κ2) is 9.73. The first-order chi connectivity index (χ1) is 15.6. The van der Waals surface area contributed by atoms with Crippen molar-refractivity contribution in [3.05, 3.63) is 68.3 Å². The van der Waals surface area contributed by atoms with Gasteiger partial charge in [-0.2, -0.15) is 8.42 Å². The van der Waals surface area contributed by atoms with E-state index in [1.165, 1.54) is 24.3 Å². The molecule has 0 atom stereocenters. The van der Waals surface area contributed by atoms with Crippen molar-refractivity contribution in [3.8, 4) is 0 Å². The molecule has 0 spiro atoms. The Morgan fingerprint density at radius 3 is 2.33 bits per heavy atom. The van der Waals surface area contributed by atoms with Crippen LogP contribution in [0.15, 0.2) is 51.8 Å². The molecule has 174 valence electrons. The highest BCUT2D eigenvalue weighted by molar-refractivity contribution is 7.90. The summed E-state index contributed by atoms with van der Waals surface area (Å²) in [6, 6.07) is 7.92. The zero-order valence-electron chi connectivity index (χ0n) is 17.6. The number of carbonyl (C=O) groups is 1. The topological polar surface area (TPSA) is 165 Å². The van der Waals surface area contributed by atoms with Crippen molar-refractivity contribution in [2.75, 3.05) is 18.9 Å². The summed E-state index contributed by atoms with van der Waals surface area (Å²) in [5.41, 5.74) is -1.46. The van der Waals surface area contributed by atoms with Crippen LogP contribution in [0.1, 0.15) is 36.0 Å². The van der Waals surface area contributed by atoms with Gasteiger partial charge in [-0.25, -0.2) is 0 Å². The van der Waals surface area contributed by atoms with Gasteiger partial charge in [-0.15, -0.1) is 4.40 Å². The number of benzene rings is 2. The van der Waals surface area contributed by atoms with Gasteiger partial charge in [0, 0.05) is 37.8 Å². The number of nitrogens with one attached hydrogen (secondary N) is 1. The number of nitro benzene ring substituents is 2. The molecular weight excluding hydrogens is 454 g/mol. The van der Waals surface area contributed by atoms with E-state index in [0.717, 1.165) is 37.5 Å². The van der Waals surface area contributed by atoms with Crippen LogP contribution in [0.2, 0.25) is 0 Å². The third-order valence-corrected chi connectivity index (χ3v) is 6.34. The molecule has 1 fully saturated rings. The van der Waals surface area contributed by atoms with Crippen LogP contribution in [0.5, 0.6) is 0 Å². The molecule has 0 saturated carbocycles. The zero-order chi connectivity index (χ0) is 24.2. The molecular formula is C20H21N5O7S. The van der Waals surface area contributed by atoms with Crippen LogP contribution in [-0.4, -0.2) is 48.5 Å². The van der Waals surface area contributed by atoms with Crippen LogP contribution in [0.4, 0.5) is 17.1 Å². The highest BCUT2D eigenvalue weighted by Crippen LogP contribution is 2.24. The Morgan fingerprint density at radius 1 is 1.03 bits per heavy atom. The van der Waals surface area contributed by atoms with E-state index in [-0.39, 0.29) is 16.1 Å². The summed E-state index contributed by atoms with van der Waals surface area (Å²) in [4.78, 5) is 34.6. The molecule has 2 aromatic carbocycles. The average Bonchev–Trinajstić information content (AvgIpc) is 2.97. The van der Waals surface area contributed by atoms with Gasteiger partial charge in [0.25, 0.3) is 27.3 Å². The monoisotopic (exact) mass is 475 g/mol. The Labute approximate surface area is 189 Å². The van der Waals surface area contributed by atoms with Crippen molar-refractivity contribution in [3.63, 3.8) is 0 Å². The number of non-ortho nitro benzene ring substituents is 2. The number of likely N-dealkylation sites (tertiary alicyclic amines) is 1. The lowest BCUT2D eigenvalue weighted by molar-refractivity contribution is -0.394. The van der Waals surface area contributed by atoms with Gasteiger partial charge in [-0.05, 0) is 31.0 Å². The molecule has 13 heteroatoms. The van der Waals surface area contributed by atoms with Crippen LogP contribution in [0.3, 0.4) is 0 Å². The first-order valence-electron chi connectivity index (χ1n) is 9.97. The molecule has 1 N–H and O–H groups in total. The Hall–Kier alpha value is -3.87. The molecule has 0 unspecified atom stereocenters. The van der Waals surface area contributed by atoms with E-state index in [1.807, 2.05) is 4.90 Å².